The molecule has 0 aromatic heterocycles. The van der Waals surface area contributed by atoms with E-state index in [1.807, 2.05) is 0 Å². The van der Waals surface area contributed by atoms with Gasteiger partial charge in [-0.2, -0.15) is 0 Å². The smallest absolute Gasteiger partial charge is 0.319 e. The molecule has 1 saturated heterocycles. The van der Waals surface area contributed by atoms with Crippen LogP contribution in [0.15, 0.2) is 18.2 Å². The van der Waals surface area contributed by atoms with E-state index in [9.17, 15) is 13.6 Å². The van der Waals surface area contributed by atoms with Gasteiger partial charge in [-0.05, 0) is 31.5 Å². The Kier molecular flexibility index (Phi) is 4.09. The van der Waals surface area contributed by atoms with Gasteiger partial charge in [-0.25, -0.2) is 13.6 Å². The third-order valence-electron chi connectivity index (χ3n) is 2.81. The summed E-state index contributed by atoms with van der Waals surface area (Å²) in [5.74, 6) is -1.46. The Bertz CT molecular complexity index is 433. The van der Waals surface area contributed by atoms with Crippen molar-refractivity contribution in [1.82, 2.24) is 10.6 Å². The summed E-state index contributed by atoms with van der Waals surface area (Å²) in [7, 11) is 0. The molecule has 2 amide bonds. The molecule has 1 atom stereocenters. The standard InChI is InChI=1S/C12H15F2N3O/c13-8-3-4-11(10(14)6-8)17-12(18)16-9-2-1-5-15-7-9/h3-4,6,9,15H,1-2,5,7H2,(H2,16,17,18)/t9-/m1/s1. The molecule has 0 radical (unpaired) electrons. The lowest BCUT2D eigenvalue weighted by atomic mass is 10.1. The molecule has 1 heterocycles. The van der Waals surface area contributed by atoms with Crippen LogP contribution < -0.4 is 16.0 Å². The molecule has 1 fully saturated rings. The van der Waals surface area contributed by atoms with Crippen LogP contribution in [0, 0.1) is 11.6 Å². The Balaban J connectivity index is 1.90. The van der Waals surface area contributed by atoms with Crippen molar-refractivity contribution < 1.29 is 13.6 Å². The van der Waals surface area contributed by atoms with Gasteiger partial charge in [0.05, 0.1) is 5.69 Å². The van der Waals surface area contributed by atoms with Gasteiger partial charge < -0.3 is 16.0 Å². The highest BCUT2D eigenvalue weighted by atomic mass is 19.1. The first-order valence-electron chi connectivity index (χ1n) is 5.88. The van der Waals surface area contributed by atoms with E-state index in [-0.39, 0.29) is 11.7 Å². The summed E-state index contributed by atoms with van der Waals surface area (Å²) in [5, 5.41) is 8.26. The van der Waals surface area contributed by atoms with Crippen molar-refractivity contribution in [3.63, 3.8) is 0 Å². The van der Waals surface area contributed by atoms with E-state index in [0.717, 1.165) is 31.5 Å². The van der Waals surface area contributed by atoms with Crippen molar-refractivity contribution in [3.8, 4) is 0 Å². The predicted molar refractivity (Wildman–Crippen MR) is 64.4 cm³/mol. The second kappa shape index (κ2) is 5.77. The number of rotatable bonds is 2. The van der Waals surface area contributed by atoms with Gasteiger partial charge in [0.2, 0.25) is 0 Å². The number of nitrogens with one attached hydrogen (secondary N) is 3. The van der Waals surface area contributed by atoms with E-state index in [2.05, 4.69) is 16.0 Å². The third kappa shape index (κ3) is 3.40. The summed E-state index contributed by atoms with van der Waals surface area (Å²) in [5.41, 5.74) is -0.0299. The van der Waals surface area contributed by atoms with E-state index in [1.165, 1.54) is 6.07 Å². The second-order valence-corrected chi connectivity index (χ2v) is 4.27. The van der Waals surface area contributed by atoms with Gasteiger partial charge >= 0.3 is 6.03 Å². The van der Waals surface area contributed by atoms with Crippen molar-refractivity contribution in [2.75, 3.05) is 18.4 Å². The zero-order valence-electron chi connectivity index (χ0n) is 9.80. The van der Waals surface area contributed by atoms with Crippen LogP contribution in [-0.4, -0.2) is 25.2 Å². The molecule has 1 aliphatic rings. The number of benzene rings is 1. The summed E-state index contributed by atoms with van der Waals surface area (Å²) < 4.78 is 26.0. The number of hydrogen-bond donors (Lipinski definition) is 3. The van der Waals surface area contributed by atoms with Crippen molar-refractivity contribution in [2.45, 2.75) is 18.9 Å². The molecule has 18 heavy (non-hydrogen) atoms. The number of amides is 2. The lowest BCUT2D eigenvalue weighted by Crippen LogP contribution is -2.47. The van der Waals surface area contributed by atoms with Crippen molar-refractivity contribution in [2.24, 2.45) is 0 Å². The van der Waals surface area contributed by atoms with Crippen LogP contribution in [-0.2, 0) is 0 Å². The van der Waals surface area contributed by atoms with Gasteiger partial charge in [-0.15, -0.1) is 0 Å². The molecule has 1 aromatic rings. The van der Waals surface area contributed by atoms with Gasteiger partial charge in [-0.3, -0.25) is 0 Å². The summed E-state index contributed by atoms with van der Waals surface area (Å²) in [6.07, 6.45) is 1.89. The Morgan fingerprint density at radius 3 is 2.89 bits per heavy atom. The van der Waals surface area contributed by atoms with E-state index >= 15 is 0 Å². The average molecular weight is 255 g/mol. The second-order valence-electron chi connectivity index (χ2n) is 4.27. The molecule has 0 saturated carbocycles. The molecule has 1 aliphatic heterocycles. The van der Waals surface area contributed by atoms with Crippen LogP contribution in [0.4, 0.5) is 19.3 Å². The van der Waals surface area contributed by atoms with Crippen LogP contribution >= 0.6 is 0 Å². The molecule has 0 aliphatic carbocycles. The molecular weight excluding hydrogens is 240 g/mol. The van der Waals surface area contributed by atoms with Crippen molar-refractivity contribution in [1.29, 1.82) is 0 Å². The predicted octanol–water partition coefficient (Wildman–Crippen LogP) is 1.84. The topological polar surface area (TPSA) is 53.2 Å². The molecule has 3 N–H and O–H groups in total. The molecule has 2 rings (SSSR count). The number of halogens is 2. The van der Waals surface area contributed by atoms with E-state index < -0.39 is 17.7 Å². The first-order chi connectivity index (χ1) is 8.65. The zero-order chi connectivity index (χ0) is 13.0. The third-order valence-corrected chi connectivity index (χ3v) is 2.81. The number of urea groups is 1. The number of carbonyl (C=O) groups is 1. The molecule has 0 spiro atoms. The lowest BCUT2D eigenvalue weighted by molar-refractivity contribution is 0.245. The summed E-state index contributed by atoms with van der Waals surface area (Å²) >= 11 is 0. The average Bonchev–Trinajstić information content (AvgIpc) is 2.34. The summed E-state index contributed by atoms with van der Waals surface area (Å²) in [6, 6.07) is 2.60. The molecule has 98 valence electrons. The molecular formula is C12H15F2N3O. The fourth-order valence-corrected chi connectivity index (χ4v) is 1.91. The maximum absolute atomic E-state index is 13.3. The quantitative estimate of drug-likeness (QED) is 0.755. The van der Waals surface area contributed by atoms with Gasteiger partial charge in [0.1, 0.15) is 11.6 Å². The maximum atomic E-state index is 13.3. The summed E-state index contributed by atoms with van der Waals surface area (Å²) in [4.78, 5) is 11.6. The van der Waals surface area contributed by atoms with Crippen molar-refractivity contribution >= 4 is 11.7 Å². The van der Waals surface area contributed by atoms with Crippen LogP contribution in [0.5, 0.6) is 0 Å². The van der Waals surface area contributed by atoms with Gasteiger partial charge in [0.25, 0.3) is 0 Å². The highest BCUT2D eigenvalue weighted by Gasteiger charge is 2.16. The van der Waals surface area contributed by atoms with E-state index in [4.69, 9.17) is 0 Å². The number of carbonyl (C=O) groups excluding carboxylic acids is 1. The first kappa shape index (κ1) is 12.8. The van der Waals surface area contributed by atoms with Crippen LogP contribution in [0.1, 0.15) is 12.8 Å². The zero-order valence-corrected chi connectivity index (χ0v) is 9.80. The maximum Gasteiger partial charge on any atom is 0.319 e. The lowest BCUT2D eigenvalue weighted by Gasteiger charge is -2.23. The molecule has 1 aromatic carbocycles. The fourth-order valence-electron chi connectivity index (χ4n) is 1.91. The van der Waals surface area contributed by atoms with Gasteiger partial charge in [-0.1, -0.05) is 0 Å². The highest BCUT2D eigenvalue weighted by molar-refractivity contribution is 5.89. The highest BCUT2D eigenvalue weighted by Crippen LogP contribution is 2.14. The van der Waals surface area contributed by atoms with Crippen LogP contribution in [0.25, 0.3) is 0 Å². The van der Waals surface area contributed by atoms with Crippen LogP contribution in [0.3, 0.4) is 0 Å². The SMILES string of the molecule is O=C(Nc1ccc(F)cc1F)N[C@@H]1CCCNC1. The Labute approximate surface area is 104 Å². The number of anilines is 1. The molecule has 4 nitrogen and oxygen atoms in total. The first-order valence-corrected chi connectivity index (χ1v) is 5.88. The monoisotopic (exact) mass is 255 g/mol. The van der Waals surface area contributed by atoms with Gasteiger partial charge in [0, 0.05) is 18.7 Å². The van der Waals surface area contributed by atoms with E-state index in [1.54, 1.807) is 0 Å². The minimum absolute atomic E-state index is 0.0299. The van der Waals surface area contributed by atoms with Gasteiger partial charge in [0.15, 0.2) is 0 Å². The normalized spacial score (nSPS) is 19.3. The number of hydrogen-bond acceptors (Lipinski definition) is 2. The van der Waals surface area contributed by atoms with Crippen LogP contribution in [0.2, 0.25) is 0 Å². The Morgan fingerprint density at radius 1 is 1.39 bits per heavy atom. The minimum atomic E-state index is -0.785. The molecule has 6 heteroatoms. The Morgan fingerprint density at radius 2 is 2.22 bits per heavy atom. The largest absolute Gasteiger partial charge is 0.334 e. The minimum Gasteiger partial charge on any atom is -0.334 e. The molecule has 0 bridgehead atoms. The van der Waals surface area contributed by atoms with E-state index in [0.29, 0.717) is 6.54 Å². The Hall–Kier alpha value is -1.69. The molecule has 0 unspecified atom stereocenters. The fraction of sp³-hybridized carbons (Fsp3) is 0.417. The van der Waals surface area contributed by atoms with Crippen molar-refractivity contribution in [3.05, 3.63) is 29.8 Å². The number of piperidine rings is 1. The summed E-state index contributed by atoms with van der Waals surface area (Å²) in [6.45, 7) is 1.66.